The molecule has 1 fully saturated rings. The molecule has 2 aromatic carbocycles. The first-order chi connectivity index (χ1) is 13.1. The number of carbonyl (C=O) groups is 2. The van der Waals surface area contributed by atoms with E-state index in [1.165, 1.54) is 0 Å². The molecule has 27 heavy (non-hydrogen) atoms. The van der Waals surface area contributed by atoms with E-state index in [2.05, 4.69) is 10.6 Å². The van der Waals surface area contributed by atoms with Gasteiger partial charge < -0.3 is 15.4 Å². The van der Waals surface area contributed by atoms with Gasteiger partial charge in [0, 0.05) is 17.1 Å². The van der Waals surface area contributed by atoms with E-state index in [0.717, 1.165) is 41.8 Å². The monoisotopic (exact) mass is 384 g/mol. The molecule has 5 nitrogen and oxygen atoms in total. The average Bonchev–Trinajstić information content (AvgIpc) is 3.47. The molecule has 2 aromatic rings. The normalized spacial score (nSPS) is 16.9. The summed E-state index contributed by atoms with van der Waals surface area (Å²) in [5.41, 5.74) is 2.47. The van der Waals surface area contributed by atoms with Gasteiger partial charge in [0.15, 0.2) is 0 Å². The molecule has 0 saturated heterocycles. The van der Waals surface area contributed by atoms with E-state index in [9.17, 15) is 9.59 Å². The summed E-state index contributed by atoms with van der Waals surface area (Å²) in [6.07, 6.45) is 2.91. The molecule has 2 N–H and O–H groups in total. The van der Waals surface area contributed by atoms with Crippen molar-refractivity contribution in [2.75, 3.05) is 18.5 Å². The summed E-state index contributed by atoms with van der Waals surface area (Å²) >= 11 is 6.06. The van der Waals surface area contributed by atoms with Crippen molar-refractivity contribution in [3.63, 3.8) is 0 Å². The van der Waals surface area contributed by atoms with E-state index >= 15 is 0 Å². The molecule has 0 spiro atoms. The topological polar surface area (TPSA) is 67.4 Å². The first-order valence-corrected chi connectivity index (χ1v) is 9.55. The summed E-state index contributed by atoms with van der Waals surface area (Å²) in [6, 6.07) is 13.2. The molecular weight excluding hydrogens is 364 g/mol. The third-order valence-corrected chi connectivity index (χ3v) is 5.43. The third-order valence-electron chi connectivity index (χ3n) is 5.19. The van der Waals surface area contributed by atoms with Gasteiger partial charge in [-0.2, -0.15) is 0 Å². The Kier molecular flexibility index (Phi) is 4.79. The van der Waals surface area contributed by atoms with E-state index in [4.69, 9.17) is 16.3 Å². The molecule has 0 unspecified atom stereocenters. The molecule has 6 heteroatoms. The molecule has 4 rings (SSSR count). The van der Waals surface area contributed by atoms with Crippen LogP contribution in [0.5, 0.6) is 5.75 Å². The van der Waals surface area contributed by atoms with Gasteiger partial charge in [-0.3, -0.25) is 9.59 Å². The lowest BCUT2D eigenvalue weighted by Crippen LogP contribution is -2.37. The maximum Gasteiger partial charge on any atom is 0.230 e. The van der Waals surface area contributed by atoms with Gasteiger partial charge in [-0.1, -0.05) is 23.7 Å². The molecule has 1 saturated carbocycles. The maximum atomic E-state index is 12.6. The molecule has 2 aliphatic rings. The number of hydrogen-bond acceptors (Lipinski definition) is 3. The van der Waals surface area contributed by atoms with Crippen LogP contribution in [0, 0.1) is 0 Å². The first-order valence-electron chi connectivity index (χ1n) is 9.17. The number of nitrogens with one attached hydrogen (secondary N) is 2. The standard InChI is InChI=1S/C21H21ClN2O3/c22-16-3-1-2-15(13-16)21(8-9-21)20(26)23-10-11-27-17-5-6-18-14(12-17)4-7-19(25)24-18/h1-3,5-6,12-13H,4,7-11H2,(H,23,26)(H,24,25). The van der Waals surface area contributed by atoms with Crippen molar-refractivity contribution < 1.29 is 14.3 Å². The lowest BCUT2D eigenvalue weighted by atomic mass is 9.95. The lowest BCUT2D eigenvalue weighted by Gasteiger charge is -2.18. The highest BCUT2D eigenvalue weighted by molar-refractivity contribution is 6.30. The minimum Gasteiger partial charge on any atom is -0.492 e. The largest absolute Gasteiger partial charge is 0.492 e. The van der Waals surface area contributed by atoms with Gasteiger partial charge in [-0.25, -0.2) is 0 Å². The molecular formula is C21H21ClN2O3. The molecule has 2 amide bonds. The number of aryl methyl sites for hydroxylation is 1. The Morgan fingerprint density at radius 2 is 2.04 bits per heavy atom. The number of fused-ring (bicyclic) bond motifs is 1. The predicted octanol–water partition coefficient (Wildman–Crippen LogP) is 3.45. The van der Waals surface area contributed by atoms with Crippen LogP contribution in [0.4, 0.5) is 5.69 Å². The van der Waals surface area contributed by atoms with Crippen molar-refractivity contribution in [3.05, 3.63) is 58.6 Å². The number of rotatable bonds is 6. The summed E-state index contributed by atoms with van der Waals surface area (Å²) in [5.74, 6) is 0.823. The second kappa shape index (κ2) is 7.24. The second-order valence-electron chi connectivity index (χ2n) is 7.06. The Balaban J connectivity index is 1.29. The van der Waals surface area contributed by atoms with E-state index < -0.39 is 5.41 Å². The third kappa shape index (κ3) is 3.78. The Morgan fingerprint density at radius 3 is 2.81 bits per heavy atom. The fraction of sp³-hybridized carbons (Fsp3) is 0.333. The first kappa shape index (κ1) is 17.9. The molecule has 0 aromatic heterocycles. The molecule has 0 radical (unpaired) electrons. The SMILES string of the molecule is O=C1CCc2cc(OCCNC(=O)C3(c4cccc(Cl)c4)CC3)ccc2N1. The maximum absolute atomic E-state index is 12.6. The number of benzene rings is 2. The number of amides is 2. The molecule has 0 atom stereocenters. The van der Waals surface area contributed by atoms with Gasteiger partial charge in [-0.05, 0) is 60.7 Å². The van der Waals surface area contributed by atoms with E-state index in [1.807, 2.05) is 42.5 Å². The Morgan fingerprint density at radius 1 is 1.19 bits per heavy atom. The van der Waals surface area contributed by atoms with E-state index in [0.29, 0.717) is 24.6 Å². The number of carbonyl (C=O) groups excluding carboxylic acids is 2. The molecule has 1 heterocycles. The average molecular weight is 385 g/mol. The van der Waals surface area contributed by atoms with Gasteiger partial charge >= 0.3 is 0 Å². The summed E-state index contributed by atoms with van der Waals surface area (Å²) in [6.45, 7) is 0.831. The van der Waals surface area contributed by atoms with Crippen LogP contribution in [-0.4, -0.2) is 25.0 Å². The highest BCUT2D eigenvalue weighted by Gasteiger charge is 2.51. The highest BCUT2D eigenvalue weighted by atomic mass is 35.5. The van der Waals surface area contributed by atoms with Crippen LogP contribution in [0.15, 0.2) is 42.5 Å². The predicted molar refractivity (Wildman–Crippen MR) is 104 cm³/mol. The van der Waals surface area contributed by atoms with Crippen LogP contribution in [0.25, 0.3) is 0 Å². The van der Waals surface area contributed by atoms with Crippen molar-refractivity contribution in [3.8, 4) is 5.75 Å². The van der Waals surface area contributed by atoms with Crippen LogP contribution in [0.1, 0.15) is 30.4 Å². The zero-order valence-electron chi connectivity index (χ0n) is 14.9. The van der Waals surface area contributed by atoms with Crippen LogP contribution in [-0.2, 0) is 21.4 Å². The van der Waals surface area contributed by atoms with Gasteiger partial charge in [0.25, 0.3) is 0 Å². The summed E-state index contributed by atoms with van der Waals surface area (Å²) in [7, 11) is 0. The van der Waals surface area contributed by atoms with E-state index in [-0.39, 0.29) is 11.8 Å². The van der Waals surface area contributed by atoms with Crippen molar-refractivity contribution in [2.45, 2.75) is 31.1 Å². The van der Waals surface area contributed by atoms with Crippen molar-refractivity contribution in [2.24, 2.45) is 0 Å². The zero-order valence-corrected chi connectivity index (χ0v) is 15.6. The molecule has 0 bridgehead atoms. The smallest absolute Gasteiger partial charge is 0.230 e. The lowest BCUT2D eigenvalue weighted by molar-refractivity contribution is -0.123. The summed E-state index contributed by atoms with van der Waals surface area (Å²) < 4.78 is 5.76. The summed E-state index contributed by atoms with van der Waals surface area (Å²) in [4.78, 5) is 24.0. The highest BCUT2D eigenvalue weighted by Crippen LogP contribution is 2.48. The number of anilines is 1. The van der Waals surface area contributed by atoms with Gasteiger partial charge in [0.1, 0.15) is 12.4 Å². The minimum atomic E-state index is -0.436. The van der Waals surface area contributed by atoms with Crippen LogP contribution >= 0.6 is 11.6 Å². The van der Waals surface area contributed by atoms with Crippen molar-refractivity contribution >= 4 is 29.1 Å². The zero-order chi connectivity index (χ0) is 18.9. The van der Waals surface area contributed by atoms with Crippen molar-refractivity contribution in [1.82, 2.24) is 5.32 Å². The number of hydrogen-bond donors (Lipinski definition) is 2. The van der Waals surface area contributed by atoms with Crippen molar-refractivity contribution in [1.29, 1.82) is 0 Å². The molecule has 140 valence electrons. The molecule has 1 aliphatic heterocycles. The Hall–Kier alpha value is -2.53. The van der Waals surface area contributed by atoms with Crippen LogP contribution in [0.2, 0.25) is 5.02 Å². The van der Waals surface area contributed by atoms with Crippen LogP contribution < -0.4 is 15.4 Å². The number of ether oxygens (including phenoxy) is 1. The molecule has 1 aliphatic carbocycles. The van der Waals surface area contributed by atoms with Gasteiger partial charge in [-0.15, -0.1) is 0 Å². The summed E-state index contributed by atoms with van der Waals surface area (Å²) in [5, 5.41) is 6.48. The quantitative estimate of drug-likeness (QED) is 0.749. The Labute approximate surface area is 163 Å². The fourth-order valence-corrected chi connectivity index (χ4v) is 3.70. The van der Waals surface area contributed by atoms with Gasteiger partial charge in [0.2, 0.25) is 11.8 Å². The fourth-order valence-electron chi connectivity index (χ4n) is 3.51. The Bertz CT molecular complexity index is 893. The van der Waals surface area contributed by atoms with Gasteiger partial charge in [0.05, 0.1) is 12.0 Å². The number of halogens is 1. The second-order valence-corrected chi connectivity index (χ2v) is 7.50. The minimum absolute atomic E-state index is 0.0292. The van der Waals surface area contributed by atoms with Crippen LogP contribution in [0.3, 0.4) is 0 Å². The van der Waals surface area contributed by atoms with E-state index in [1.54, 1.807) is 0 Å².